The fourth-order valence-corrected chi connectivity index (χ4v) is 3.40. The summed E-state index contributed by atoms with van der Waals surface area (Å²) >= 11 is 0. The Morgan fingerprint density at radius 3 is 2.31 bits per heavy atom. The van der Waals surface area contributed by atoms with Crippen LogP contribution in [0.15, 0.2) is 36.4 Å². The third kappa shape index (κ3) is 5.16. The zero-order valence-corrected chi connectivity index (χ0v) is 16.2. The Morgan fingerprint density at radius 2 is 1.66 bits per heavy atom. The molecule has 4 nitrogen and oxygen atoms in total. The largest absolute Gasteiger partial charge is 0.349 e. The molecule has 1 fully saturated rings. The van der Waals surface area contributed by atoms with Crippen LogP contribution in [0.25, 0.3) is 0 Å². The number of halogens is 3. The van der Waals surface area contributed by atoms with Crippen molar-refractivity contribution in [3.05, 3.63) is 70.5 Å². The second-order valence-electron chi connectivity index (χ2n) is 7.34. The molecule has 0 saturated carbocycles. The highest BCUT2D eigenvalue weighted by molar-refractivity contribution is 5.94. The Hall–Kier alpha value is -2.83. The van der Waals surface area contributed by atoms with Gasteiger partial charge in [0.25, 0.3) is 5.91 Å². The third-order valence-corrected chi connectivity index (χ3v) is 5.21. The molecule has 3 rings (SSSR count). The minimum absolute atomic E-state index is 0.0574. The number of amides is 2. The van der Waals surface area contributed by atoms with Crippen LogP contribution in [0, 0.1) is 24.4 Å². The molecule has 154 valence electrons. The van der Waals surface area contributed by atoms with E-state index in [9.17, 15) is 22.8 Å². The molecule has 1 aliphatic heterocycles. The van der Waals surface area contributed by atoms with Crippen LogP contribution >= 0.6 is 0 Å². The normalized spacial score (nSPS) is 14.7. The lowest BCUT2D eigenvalue weighted by Gasteiger charge is -2.32. The number of hydrogen-bond acceptors (Lipinski definition) is 2. The number of carbonyl (C=O) groups is 2. The molecule has 2 aromatic rings. The number of hydrogen-bond donors (Lipinski definition) is 1. The second kappa shape index (κ2) is 9.11. The third-order valence-electron chi connectivity index (χ3n) is 5.21. The van der Waals surface area contributed by atoms with Crippen LogP contribution in [0.1, 0.15) is 40.7 Å². The van der Waals surface area contributed by atoms with E-state index in [0.29, 0.717) is 38.8 Å². The molecule has 1 N–H and O–H groups in total. The smallest absolute Gasteiger partial charge is 0.254 e. The zero-order valence-electron chi connectivity index (χ0n) is 16.2. The van der Waals surface area contributed by atoms with Crippen molar-refractivity contribution in [2.45, 2.75) is 38.6 Å². The van der Waals surface area contributed by atoms with Crippen molar-refractivity contribution in [1.29, 1.82) is 0 Å². The fourth-order valence-electron chi connectivity index (χ4n) is 3.40. The molecule has 2 aromatic carbocycles. The van der Waals surface area contributed by atoms with Gasteiger partial charge in [0.05, 0.1) is 5.56 Å². The molecule has 1 saturated heterocycles. The van der Waals surface area contributed by atoms with E-state index >= 15 is 0 Å². The van der Waals surface area contributed by atoms with Crippen molar-refractivity contribution in [2.75, 3.05) is 13.1 Å². The van der Waals surface area contributed by atoms with E-state index in [2.05, 4.69) is 5.32 Å². The van der Waals surface area contributed by atoms with Gasteiger partial charge in [-0.15, -0.1) is 0 Å². The lowest BCUT2D eigenvalue weighted by molar-refractivity contribution is -0.132. The molecular formula is C22H23F3N2O2. The van der Waals surface area contributed by atoms with Crippen molar-refractivity contribution >= 4 is 11.8 Å². The SMILES string of the molecule is Cc1ccc(CCC(=O)N2CCC(NC(=O)c3ccc(F)c(F)c3F)CC2)cc1. The highest BCUT2D eigenvalue weighted by Crippen LogP contribution is 2.17. The van der Waals surface area contributed by atoms with E-state index < -0.39 is 28.9 Å². The van der Waals surface area contributed by atoms with Gasteiger partial charge in [-0.25, -0.2) is 13.2 Å². The topological polar surface area (TPSA) is 49.4 Å². The molecule has 1 aliphatic rings. The van der Waals surface area contributed by atoms with Crippen LogP contribution in [0.3, 0.4) is 0 Å². The van der Waals surface area contributed by atoms with E-state index in [-0.39, 0.29) is 11.9 Å². The molecule has 29 heavy (non-hydrogen) atoms. The van der Waals surface area contributed by atoms with Gasteiger partial charge in [-0.3, -0.25) is 9.59 Å². The Kier molecular flexibility index (Phi) is 6.56. The maximum Gasteiger partial charge on any atom is 0.254 e. The zero-order chi connectivity index (χ0) is 21.0. The van der Waals surface area contributed by atoms with Gasteiger partial charge < -0.3 is 10.2 Å². The summed E-state index contributed by atoms with van der Waals surface area (Å²) in [6, 6.07) is 9.46. The standard InChI is InChI=1S/C22H23F3N2O2/c1-14-2-4-15(5-3-14)6-9-19(28)27-12-10-16(11-13-27)26-22(29)17-7-8-18(23)21(25)20(17)24/h2-5,7-8,16H,6,9-13H2,1H3,(H,26,29). The van der Waals surface area contributed by atoms with Crippen LogP contribution in [-0.2, 0) is 11.2 Å². The van der Waals surface area contributed by atoms with Crippen LogP contribution in [0.4, 0.5) is 13.2 Å². The summed E-state index contributed by atoms with van der Waals surface area (Å²) in [6.07, 6.45) is 2.13. The van der Waals surface area contributed by atoms with Crippen LogP contribution in [0.2, 0.25) is 0 Å². The molecule has 0 radical (unpaired) electrons. The number of carbonyl (C=O) groups excluding carboxylic acids is 2. The maximum absolute atomic E-state index is 13.8. The highest BCUT2D eigenvalue weighted by atomic mass is 19.2. The van der Waals surface area contributed by atoms with E-state index in [4.69, 9.17) is 0 Å². The molecule has 0 aromatic heterocycles. The predicted octanol–water partition coefficient (Wildman–Crippen LogP) is 3.77. The average molecular weight is 404 g/mol. The van der Waals surface area contributed by atoms with Crippen LogP contribution < -0.4 is 5.32 Å². The van der Waals surface area contributed by atoms with E-state index in [0.717, 1.165) is 17.7 Å². The van der Waals surface area contributed by atoms with Gasteiger partial charge in [0, 0.05) is 25.6 Å². The Morgan fingerprint density at radius 1 is 1.00 bits per heavy atom. The van der Waals surface area contributed by atoms with Crippen molar-refractivity contribution in [1.82, 2.24) is 10.2 Å². The highest BCUT2D eigenvalue weighted by Gasteiger charge is 2.26. The second-order valence-corrected chi connectivity index (χ2v) is 7.34. The minimum atomic E-state index is -1.66. The maximum atomic E-state index is 13.8. The summed E-state index contributed by atoms with van der Waals surface area (Å²) < 4.78 is 40.1. The minimum Gasteiger partial charge on any atom is -0.349 e. The van der Waals surface area contributed by atoms with Gasteiger partial charge in [-0.1, -0.05) is 29.8 Å². The molecule has 0 aliphatic carbocycles. The Bertz CT molecular complexity index is 892. The van der Waals surface area contributed by atoms with Gasteiger partial charge in [0.1, 0.15) is 0 Å². The molecule has 0 unspecified atom stereocenters. The number of benzene rings is 2. The number of rotatable bonds is 5. The monoisotopic (exact) mass is 404 g/mol. The first-order valence-corrected chi connectivity index (χ1v) is 9.63. The summed E-state index contributed by atoms with van der Waals surface area (Å²) in [4.78, 5) is 26.3. The van der Waals surface area contributed by atoms with E-state index in [1.165, 1.54) is 5.56 Å². The van der Waals surface area contributed by atoms with Crippen LogP contribution in [-0.4, -0.2) is 35.8 Å². The molecule has 0 spiro atoms. The summed E-state index contributed by atoms with van der Waals surface area (Å²) in [5, 5.41) is 2.64. The summed E-state index contributed by atoms with van der Waals surface area (Å²) in [6.45, 7) is 2.98. The molecule has 0 bridgehead atoms. The fraction of sp³-hybridized carbons (Fsp3) is 0.364. The number of aryl methyl sites for hydroxylation is 2. The van der Waals surface area contributed by atoms with Crippen LogP contribution in [0.5, 0.6) is 0 Å². The summed E-state index contributed by atoms with van der Waals surface area (Å²) in [7, 11) is 0. The van der Waals surface area contributed by atoms with Gasteiger partial charge in [-0.05, 0) is 43.9 Å². The number of nitrogens with one attached hydrogen (secondary N) is 1. The van der Waals surface area contributed by atoms with Gasteiger partial charge in [-0.2, -0.15) is 0 Å². The molecule has 7 heteroatoms. The predicted molar refractivity (Wildman–Crippen MR) is 103 cm³/mol. The van der Waals surface area contributed by atoms with Crippen molar-refractivity contribution in [3.63, 3.8) is 0 Å². The summed E-state index contributed by atoms with van der Waals surface area (Å²) in [5.41, 5.74) is 1.76. The first kappa shape index (κ1) is 20.9. The lowest BCUT2D eigenvalue weighted by Crippen LogP contribution is -2.46. The van der Waals surface area contributed by atoms with E-state index in [1.807, 2.05) is 31.2 Å². The molecular weight excluding hydrogens is 381 g/mol. The van der Waals surface area contributed by atoms with Crippen molar-refractivity contribution < 1.29 is 22.8 Å². The number of nitrogens with zero attached hydrogens (tertiary/aromatic N) is 1. The average Bonchev–Trinajstić information content (AvgIpc) is 2.72. The summed E-state index contributed by atoms with van der Waals surface area (Å²) in [5.74, 6) is -5.22. The quantitative estimate of drug-likeness (QED) is 0.772. The number of piperidine rings is 1. The Labute approximate surface area is 167 Å². The molecule has 0 atom stereocenters. The van der Waals surface area contributed by atoms with Crippen molar-refractivity contribution in [3.8, 4) is 0 Å². The molecule has 2 amide bonds. The number of likely N-dealkylation sites (tertiary alicyclic amines) is 1. The molecule has 1 heterocycles. The first-order valence-electron chi connectivity index (χ1n) is 9.63. The van der Waals surface area contributed by atoms with E-state index in [1.54, 1.807) is 4.90 Å². The lowest BCUT2D eigenvalue weighted by atomic mass is 10.0. The van der Waals surface area contributed by atoms with Crippen molar-refractivity contribution in [2.24, 2.45) is 0 Å². The Balaban J connectivity index is 1.47. The van der Waals surface area contributed by atoms with Gasteiger partial charge >= 0.3 is 0 Å². The van der Waals surface area contributed by atoms with Gasteiger partial charge in [0.2, 0.25) is 5.91 Å². The first-order chi connectivity index (χ1) is 13.8. The van der Waals surface area contributed by atoms with Gasteiger partial charge in [0.15, 0.2) is 17.5 Å².